The minimum Gasteiger partial charge on any atom is -0.379 e. The van der Waals surface area contributed by atoms with E-state index in [2.05, 4.69) is 22.1 Å². The summed E-state index contributed by atoms with van der Waals surface area (Å²) in [5, 5.41) is 4.85. The molecule has 7 heteroatoms. The van der Waals surface area contributed by atoms with E-state index in [0.29, 0.717) is 11.4 Å². The molecule has 3 rings (SSSR count). The molecule has 27 heavy (non-hydrogen) atoms. The molecule has 1 amide bonds. The largest absolute Gasteiger partial charge is 0.379 e. The number of hydrogen-bond donors (Lipinski definition) is 1. The molecule has 0 saturated carbocycles. The van der Waals surface area contributed by atoms with E-state index in [1.165, 1.54) is 0 Å². The van der Waals surface area contributed by atoms with Crippen molar-refractivity contribution < 1.29 is 9.53 Å². The summed E-state index contributed by atoms with van der Waals surface area (Å²) in [6.45, 7) is 8.36. The summed E-state index contributed by atoms with van der Waals surface area (Å²) in [4.78, 5) is 20.7. The van der Waals surface area contributed by atoms with Crippen LogP contribution in [0.25, 0.3) is 11.3 Å². The van der Waals surface area contributed by atoms with Crippen LogP contribution in [0.2, 0.25) is 5.02 Å². The molecule has 1 aliphatic rings. The standard InChI is InChI=1S/C20H26ClN3O2S/c1-3-17(13-24-8-10-26-11-9-24)23-19(25)12-18-20(22-14(2)27-18)15-4-6-16(21)7-5-15/h4-7,17H,3,8-13H2,1-2H3,(H,23,25). The number of aryl methyl sites for hydroxylation is 1. The number of amides is 1. The van der Waals surface area contributed by atoms with Crippen molar-refractivity contribution in [3.63, 3.8) is 0 Å². The number of aromatic nitrogens is 1. The van der Waals surface area contributed by atoms with Crippen LogP contribution < -0.4 is 5.32 Å². The van der Waals surface area contributed by atoms with Crippen LogP contribution in [0.5, 0.6) is 0 Å². The lowest BCUT2D eigenvalue weighted by molar-refractivity contribution is -0.121. The second-order valence-corrected chi connectivity index (χ2v) is 8.50. The normalized spacial score (nSPS) is 16.3. The van der Waals surface area contributed by atoms with Crippen molar-refractivity contribution in [1.82, 2.24) is 15.2 Å². The molecule has 0 bridgehead atoms. The average molecular weight is 408 g/mol. The highest BCUT2D eigenvalue weighted by molar-refractivity contribution is 7.12. The molecule has 1 aromatic carbocycles. The first-order chi connectivity index (χ1) is 13.0. The van der Waals surface area contributed by atoms with Crippen LogP contribution in [0.1, 0.15) is 23.2 Å². The first-order valence-electron chi connectivity index (χ1n) is 9.37. The van der Waals surface area contributed by atoms with Gasteiger partial charge in [-0.15, -0.1) is 11.3 Å². The van der Waals surface area contributed by atoms with E-state index in [1.807, 2.05) is 31.2 Å². The minimum absolute atomic E-state index is 0.0500. The van der Waals surface area contributed by atoms with Gasteiger partial charge in [0.25, 0.3) is 0 Å². The molecular weight excluding hydrogens is 382 g/mol. The Morgan fingerprint density at radius 2 is 2.04 bits per heavy atom. The maximum Gasteiger partial charge on any atom is 0.225 e. The number of nitrogens with zero attached hydrogens (tertiary/aromatic N) is 2. The van der Waals surface area contributed by atoms with E-state index in [9.17, 15) is 4.79 Å². The zero-order valence-electron chi connectivity index (χ0n) is 15.8. The van der Waals surface area contributed by atoms with Gasteiger partial charge in [-0.1, -0.05) is 30.7 Å². The Morgan fingerprint density at radius 1 is 1.33 bits per heavy atom. The summed E-state index contributed by atoms with van der Waals surface area (Å²) in [7, 11) is 0. The maximum absolute atomic E-state index is 12.7. The van der Waals surface area contributed by atoms with Crippen molar-refractivity contribution in [1.29, 1.82) is 0 Å². The summed E-state index contributed by atoms with van der Waals surface area (Å²) in [5.74, 6) is 0.0500. The topological polar surface area (TPSA) is 54.5 Å². The quantitative estimate of drug-likeness (QED) is 0.762. The average Bonchev–Trinajstić information content (AvgIpc) is 3.02. The van der Waals surface area contributed by atoms with Crippen molar-refractivity contribution >= 4 is 28.8 Å². The van der Waals surface area contributed by atoms with E-state index in [1.54, 1.807) is 11.3 Å². The van der Waals surface area contributed by atoms with Crippen molar-refractivity contribution in [3.8, 4) is 11.3 Å². The molecule has 5 nitrogen and oxygen atoms in total. The molecule has 0 aliphatic carbocycles. The highest BCUT2D eigenvalue weighted by Crippen LogP contribution is 2.29. The van der Waals surface area contributed by atoms with Gasteiger partial charge in [-0.3, -0.25) is 9.69 Å². The molecule has 0 spiro atoms. The molecule has 0 radical (unpaired) electrons. The van der Waals surface area contributed by atoms with Gasteiger partial charge in [0, 0.05) is 41.1 Å². The third kappa shape index (κ3) is 5.75. The van der Waals surface area contributed by atoms with E-state index < -0.39 is 0 Å². The summed E-state index contributed by atoms with van der Waals surface area (Å²) < 4.78 is 5.40. The predicted octanol–water partition coefficient (Wildman–Crippen LogP) is 3.54. The summed E-state index contributed by atoms with van der Waals surface area (Å²) in [6.07, 6.45) is 1.26. The van der Waals surface area contributed by atoms with Gasteiger partial charge < -0.3 is 10.1 Å². The fraction of sp³-hybridized carbons (Fsp3) is 0.500. The number of carbonyl (C=O) groups excluding carboxylic acids is 1. The first kappa shape index (κ1) is 20.3. The lowest BCUT2D eigenvalue weighted by atomic mass is 10.1. The Bertz CT molecular complexity index is 757. The van der Waals surface area contributed by atoms with Crippen molar-refractivity contribution in [2.45, 2.75) is 32.7 Å². The van der Waals surface area contributed by atoms with Crippen molar-refractivity contribution in [3.05, 3.63) is 39.2 Å². The molecule has 1 aromatic heterocycles. The third-order valence-electron chi connectivity index (χ3n) is 4.68. The van der Waals surface area contributed by atoms with Crippen LogP contribution >= 0.6 is 22.9 Å². The Labute approximate surface area is 169 Å². The summed E-state index contributed by atoms with van der Waals surface area (Å²) in [5.41, 5.74) is 1.87. The highest BCUT2D eigenvalue weighted by atomic mass is 35.5. The monoisotopic (exact) mass is 407 g/mol. The molecular formula is C20H26ClN3O2S. The smallest absolute Gasteiger partial charge is 0.225 e. The number of nitrogens with one attached hydrogen (secondary N) is 1. The number of hydrogen-bond acceptors (Lipinski definition) is 5. The number of benzene rings is 1. The zero-order valence-corrected chi connectivity index (χ0v) is 17.4. The van der Waals surface area contributed by atoms with Gasteiger partial charge in [-0.2, -0.15) is 0 Å². The number of morpholine rings is 1. The third-order valence-corrected chi connectivity index (χ3v) is 5.91. The van der Waals surface area contributed by atoms with Crippen LogP contribution in [-0.4, -0.2) is 54.7 Å². The molecule has 1 saturated heterocycles. The second kappa shape index (κ2) is 9.64. The van der Waals surface area contributed by atoms with Crippen molar-refractivity contribution in [2.75, 3.05) is 32.8 Å². The van der Waals surface area contributed by atoms with E-state index in [0.717, 1.165) is 60.4 Å². The Morgan fingerprint density at radius 3 is 2.70 bits per heavy atom. The van der Waals surface area contributed by atoms with Gasteiger partial charge >= 0.3 is 0 Å². The molecule has 1 N–H and O–H groups in total. The van der Waals surface area contributed by atoms with Crippen LogP contribution in [-0.2, 0) is 16.0 Å². The van der Waals surface area contributed by atoms with Crippen LogP contribution in [0.3, 0.4) is 0 Å². The van der Waals surface area contributed by atoms with Crippen molar-refractivity contribution in [2.24, 2.45) is 0 Å². The van der Waals surface area contributed by atoms with Crippen LogP contribution in [0.4, 0.5) is 0 Å². The predicted molar refractivity (Wildman–Crippen MR) is 110 cm³/mol. The second-order valence-electron chi connectivity index (χ2n) is 6.77. The first-order valence-corrected chi connectivity index (χ1v) is 10.6. The fourth-order valence-electron chi connectivity index (χ4n) is 3.22. The minimum atomic E-state index is 0.0500. The van der Waals surface area contributed by atoms with E-state index >= 15 is 0 Å². The van der Waals surface area contributed by atoms with Gasteiger partial charge in [0.05, 0.1) is 30.3 Å². The van der Waals surface area contributed by atoms with Gasteiger partial charge in [-0.25, -0.2) is 4.98 Å². The van der Waals surface area contributed by atoms with E-state index in [4.69, 9.17) is 16.3 Å². The van der Waals surface area contributed by atoms with Crippen LogP contribution in [0, 0.1) is 6.92 Å². The van der Waals surface area contributed by atoms with Crippen LogP contribution in [0.15, 0.2) is 24.3 Å². The SMILES string of the molecule is CCC(CN1CCOCC1)NC(=O)Cc1sc(C)nc1-c1ccc(Cl)cc1. The lowest BCUT2D eigenvalue weighted by Gasteiger charge is -2.30. The summed E-state index contributed by atoms with van der Waals surface area (Å²) >= 11 is 7.57. The van der Waals surface area contributed by atoms with Gasteiger partial charge in [0.2, 0.25) is 5.91 Å². The number of halogens is 1. The zero-order chi connectivity index (χ0) is 19.2. The molecule has 1 atom stereocenters. The number of rotatable bonds is 7. The fourth-order valence-corrected chi connectivity index (χ4v) is 4.30. The maximum atomic E-state index is 12.7. The number of ether oxygens (including phenoxy) is 1. The van der Waals surface area contributed by atoms with Gasteiger partial charge in [0.15, 0.2) is 0 Å². The van der Waals surface area contributed by atoms with Gasteiger partial charge in [-0.05, 0) is 25.5 Å². The number of carbonyl (C=O) groups is 1. The Kier molecular flexibility index (Phi) is 7.24. The Hall–Kier alpha value is -1.47. The molecule has 1 aliphatic heterocycles. The molecule has 146 valence electrons. The molecule has 1 unspecified atom stereocenters. The molecule has 2 heterocycles. The molecule has 1 fully saturated rings. The Balaban J connectivity index is 1.64. The molecule has 2 aromatic rings. The summed E-state index contributed by atoms with van der Waals surface area (Å²) in [6, 6.07) is 7.76. The number of thiazole rings is 1. The van der Waals surface area contributed by atoms with Gasteiger partial charge in [0.1, 0.15) is 0 Å². The lowest BCUT2D eigenvalue weighted by Crippen LogP contribution is -2.47. The highest BCUT2D eigenvalue weighted by Gasteiger charge is 2.19. The van der Waals surface area contributed by atoms with E-state index in [-0.39, 0.29) is 11.9 Å².